The van der Waals surface area contributed by atoms with Crippen LogP contribution >= 0.6 is 0 Å². The van der Waals surface area contributed by atoms with Crippen molar-refractivity contribution in [2.24, 2.45) is 0 Å². The molecule has 2 aromatic carbocycles. The van der Waals surface area contributed by atoms with Crippen molar-refractivity contribution in [1.29, 1.82) is 0 Å². The first-order valence-electron chi connectivity index (χ1n) is 10.8. The number of aromatic nitrogens is 3. The summed E-state index contributed by atoms with van der Waals surface area (Å²) >= 11 is 0. The number of fused-ring (bicyclic) bond motifs is 1. The van der Waals surface area contributed by atoms with E-state index >= 15 is 0 Å². The van der Waals surface area contributed by atoms with Crippen molar-refractivity contribution in [3.05, 3.63) is 64.5 Å². The molecule has 7 nitrogen and oxygen atoms in total. The van der Waals surface area contributed by atoms with Gasteiger partial charge >= 0.3 is 0 Å². The quantitative estimate of drug-likeness (QED) is 0.604. The molecule has 2 amide bonds. The number of hydrogen-bond acceptors (Lipinski definition) is 4. The fourth-order valence-electron chi connectivity index (χ4n) is 4.10. The summed E-state index contributed by atoms with van der Waals surface area (Å²) in [6.07, 6.45) is 1.16. The molecule has 3 aromatic rings. The number of nitrogens with zero attached hydrogens (tertiary/aromatic N) is 3. The predicted octanol–water partition coefficient (Wildman–Crippen LogP) is 4.25. The molecule has 4 rings (SSSR count). The van der Waals surface area contributed by atoms with Gasteiger partial charge in [-0.2, -0.15) is 0 Å². The van der Waals surface area contributed by atoms with E-state index in [0.717, 1.165) is 11.1 Å². The standard InChI is InChI=1S/C24H25F2N5O2/c1-13(25)18-5-4-6-19(22(18)26)14(2)27-24(33)20-11-17(12-21-23(20)29-30-28-21)16-7-9-31(10-8-16)15(3)32/h4-7,11-14H,8-10H2,1-3H3,(H,27,33)(H,28,29,30)/t13?,14-/m1/s1. The largest absolute Gasteiger partial charge is 0.345 e. The molecule has 2 atom stereocenters. The lowest BCUT2D eigenvalue weighted by atomic mass is 9.96. The minimum Gasteiger partial charge on any atom is -0.345 e. The SMILES string of the molecule is CC(=O)N1CC=C(c2cc(C(=O)N[C@H](C)c3cccc(C(C)F)c3F)c3[nH]nnc3c2)CC1. The van der Waals surface area contributed by atoms with Crippen LogP contribution in [-0.2, 0) is 4.79 Å². The molecule has 0 spiro atoms. The van der Waals surface area contributed by atoms with Crippen LogP contribution < -0.4 is 5.32 Å². The van der Waals surface area contributed by atoms with Crippen molar-refractivity contribution in [3.63, 3.8) is 0 Å². The Kier molecular flexibility index (Phi) is 6.22. The van der Waals surface area contributed by atoms with Gasteiger partial charge in [0.15, 0.2) is 0 Å². The maximum Gasteiger partial charge on any atom is 0.254 e. The molecule has 1 aromatic heterocycles. The molecule has 2 N–H and O–H groups in total. The van der Waals surface area contributed by atoms with Gasteiger partial charge < -0.3 is 10.2 Å². The van der Waals surface area contributed by atoms with Crippen molar-refractivity contribution in [2.45, 2.75) is 39.4 Å². The highest BCUT2D eigenvalue weighted by Crippen LogP contribution is 2.29. The molecular formula is C24H25F2N5O2. The Bertz CT molecular complexity index is 1250. The Balaban J connectivity index is 1.63. The van der Waals surface area contributed by atoms with E-state index in [9.17, 15) is 18.4 Å². The molecule has 2 heterocycles. The van der Waals surface area contributed by atoms with Gasteiger partial charge in [0.2, 0.25) is 5.91 Å². The van der Waals surface area contributed by atoms with Gasteiger partial charge in [-0.1, -0.05) is 29.5 Å². The zero-order valence-electron chi connectivity index (χ0n) is 18.7. The van der Waals surface area contributed by atoms with Gasteiger partial charge in [-0.05, 0) is 43.5 Å². The number of carbonyl (C=O) groups is 2. The maximum atomic E-state index is 14.8. The van der Waals surface area contributed by atoms with Crippen LogP contribution in [0, 0.1) is 5.82 Å². The number of rotatable bonds is 5. The van der Waals surface area contributed by atoms with E-state index in [4.69, 9.17) is 0 Å². The smallest absolute Gasteiger partial charge is 0.254 e. The van der Waals surface area contributed by atoms with Crippen LogP contribution in [0.4, 0.5) is 8.78 Å². The number of nitrogens with one attached hydrogen (secondary N) is 2. The molecule has 1 unspecified atom stereocenters. The number of carbonyl (C=O) groups excluding carboxylic acids is 2. The van der Waals surface area contributed by atoms with Gasteiger partial charge in [0, 0.05) is 31.1 Å². The highest BCUT2D eigenvalue weighted by Gasteiger charge is 2.22. The molecule has 1 aliphatic heterocycles. The summed E-state index contributed by atoms with van der Waals surface area (Å²) < 4.78 is 28.5. The van der Waals surface area contributed by atoms with Crippen molar-refractivity contribution >= 4 is 28.4 Å². The lowest BCUT2D eigenvalue weighted by molar-refractivity contribution is -0.128. The van der Waals surface area contributed by atoms with Crippen LogP contribution in [0.5, 0.6) is 0 Å². The predicted molar refractivity (Wildman–Crippen MR) is 121 cm³/mol. The van der Waals surface area contributed by atoms with E-state index < -0.39 is 23.9 Å². The number of alkyl halides is 1. The second-order valence-electron chi connectivity index (χ2n) is 8.24. The molecule has 0 radical (unpaired) electrons. The summed E-state index contributed by atoms with van der Waals surface area (Å²) in [6, 6.07) is 7.40. The van der Waals surface area contributed by atoms with Crippen LogP contribution in [-0.4, -0.2) is 45.2 Å². The third-order valence-corrected chi connectivity index (χ3v) is 6.01. The minimum atomic E-state index is -1.46. The molecule has 0 saturated carbocycles. The lowest BCUT2D eigenvalue weighted by Gasteiger charge is -2.25. The van der Waals surface area contributed by atoms with Crippen LogP contribution in [0.3, 0.4) is 0 Å². The fraction of sp³-hybridized carbons (Fsp3) is 0.333. The molecular weight excluding hydrogens is 428 g/mol. The number of H-pyrrole nitrogens is 1. The summed E-state index contributed by atoms with van der Waals surface area (Å²) in [5.41, 5.74) is 3.31. The zero-order chi connectivity index (χ0) is 23.7. The average Bonchev–Trinajstić information content (AvgIpc) is 3.27. The topological polar surface area (TPSA) is 91.0 Å². The molecule has 9 heteroatoms. The number of benzene rings is 2. The molecule has 1 aliphatic rings. The van der Waals surface area contributed by atoms with E-state index in [1.165, 1.54) is 26.0 Å². The number of aromatic amines is 1. The molecule has 0 fully saturated rings. The van der Waals surface area contributed by atoms with Gasteiger partial charge in [-0.3, -0.25) is 14.7 Å². The fourth-order valence-corrected chi connectivity index (χ4v) is 4.10. The minimum absolute atomic E-state index is 0.0183. The first-order valence-corrected chi connectivity index (χ1v) is 10.8. The Morgan fingerprint density at radius 1 is 1.21 bits per heavy atom. The summed E-state index contributed by atoms with van der Waals surface area (Å²) in [4.78, 5) is 26.5. The average molecular weight is 453 g/mol. The van der Waals surface area contributed by atoms with Gasteiger partial charge in [-0.15, -0.1) is 5.10 Å². The van der Waals surface area contributed by atoms with Crippen LogP contribution in [0.15, 0.2) is 36.4 Å². The van der Waals surface area contributed by atoms with Crippen LogP contribution in [0.2, 0.25) is 0 Å². The third-order valence-electron chi connectivity index (χ3n) is 6.01. The lowest BCUT2D eigenvalue weighted by Crippen LogP contribution is -2.32. The van der Waals surface area contributed by atoms with Gasteiger partial charge in [0.25, 0.3) is 5.91 Å². The maximum absolute atomic E-state index is 14.8. The van der Waals surface area contributed by atoms with Crippen molar-refractivity contribution in [3.8, 4) is 0 Å². The monoisotopic (exact) mass is 453 g/mol. The van der Waals surface area contributed by atoms with Crippen molar-refractivity contribution in [1.82, 2.24) is 25.6 Å². The molecule has 0 saturated heterocycles. The Hall–Kier alpha value is -3.62. The Morgan fingerprint density at radius 2 is 1.97 bits per heavy atom. The second-order valence-corrected chi connectivity index (χ2v) is 8.24. The van der Waals surface area contributed by atoms with Crippen LogP contribution in [0.25, 0.3) is 16.6 Å². The Morgan fingerprint density at radius 3 is 2.64 bits per heavy atom. The summed E-state index contributed by atoms with van der Waals surface area (Å²) in [5, 5.41) is 13.4. The third kappa shape index (κ3) is 4.48. The zero-order valence-corrected chi connectivity index (χ0v) is 18.7. The number of amides is 2. The van der Waals surface area contributed by atoms with E-state index in [2.05, 4.69) is 20.7 Å². The summed E-state index contributed by atoms with van der Waals surface area (Å²) in [7, 11) is 0. The van der Waals surface area contributed by atoms with Gasteiger partial charge in [0.1, 0.15) is 17.5 Å². The first kappa shape index (κ1) is 22.6. The molecule has 33 heavy (non-hydrogen) atoms. The van der Waals surface area contributed by atoms with E-state index in [1.807, 2.05) is 12.1 Å². The van der Waals surface area contributed by atoms with E-state index in [1.54, 1.807) is 24.0 Å². The van der Waals surface area contributed by atoms with E-state index in [0.29, 0.717) is 36.1 Å². The highest BCUT2D eigenvalue weighted by molar-refractivity contribution is 6.06. The van der Waals surface area contributed by atoms with Crippen LogP contribution in [0.1, 0.15) is 66.5 Å². The Labute approximate surface area is 189 Å². The molecule has 0 bridgehead atoms. The van der Waals surface area contributed by atoms with Gasteiger partial charge in [-0.25, -0.2) is 8.78 Å². The second kappa shape index (κ2) is 9.09. The number of hydrogen-bond donors (Lipinski definition) is 2. The van der Waals surface area contributed by atoms with Crippen molar-refractivity contribution < 1.29 is 18.4 Å². The van der Waals surface area contributed by atoms with Gasteiger partial charge in [0.05, 0.1) is 17.1 Å². The highest BCUT2D eigenvalue weighted by atomic mass is 19.1. The molecule has 0 aliphatic carbocycles. The molecule has 172 valence electrons. The first-order chi connectivity index (χ1) is 15.8. The number of halogens is 2. The van der Waals surface area contributed by atoms with E-state index in [-0.39, 0.29) is 17.0 Å². The summed E-state index contributed by atoms with van der Waals surface area (Å²) in [5.74, 6) is -1.07. The van der Waals surface area contributed by atoms with Crippen molar-refractivity contribution in [2.75, 3.05) is 13.1 Å². The normalized spacial score (nSPS) is 15.8. The summed E-state index contributed by atoms with van der Waals surface area (Å²) in [6.45, 7) is 5.56.